The van der Waals surface area contributed by atoms with Crippen molar-refractivity contribution < 1.29 is 0 Å². The lowest BCUT2D eigenvalue weighted by atomic mass is 10.4. The number of terminal acetylenes is 1. The monoisotopic (exact) mass is 63.0 g/mol. The molecule has 0 heteroatoms. The molecule has 0 atom stereocenters. The molecule has 0 unspecified atom stereocenters. The highest BCUT2D eigenvalue weighted by Crippen LogP contribution is 2.15. The standard InChI is InChI=1S/C5H3/c1-2-5-3-4-5/h1,3-4H. The molecule has 0 aliphatic heterocycles. The first-order valence-electron chi connectivity index (χ1n) is 1.45. The van der Waals surface area contributed by atoms with Gasteiger partial charge in [0.05, 0.1) is 5.92 Å². The molecule has 23 valence electrons. The Kier molecular flexibility index (Phi) is 0.315. The van der Waals surface area contributed by atoms with E-state index in [1.807, 2.05) is 12.2 Å². The van der Waals surface area contributed by atoms with Gasteiger partial charge in [0.25, 0.3) is 0 Å². The van der Waals surface area contributed by atoms with Crippen molar-refractivity contribution >= 4 is 0 Å². The average molecular weight is 63.1 g/mol. The van der Waals surface area contributed by atoms with Gasteiger partial charge >= 0.3 is 0 Å². The molecule has 0 saturated heterocycles. The van der Waals surface area contributed by atoms with Crippen molar-refractivity contribution in [3.8, 4) is 12.3 Å². The molecule has 0 N–H and O–H groups in total. The Morgan fingerprint density at radius 2 is 2.20 bits per heavy atom. The maximum Gasteiger partial charge on any atom is 0.0908 e. The van der Waals surface area contributed by atoms with Gasteiger partial charge in [-0.3, -0.25) is 0 Å². The first-order chi connectivity index (χ1) is 2.43. The molecule has 1 rings (SSSR count). The molecule has 1 radical (unpaired) electrons. The second-order valence-corrected chi connectivity index (χ2v) is 0.933. The van der Waals surface area contributed by atoms with Crippen LogP contribution in [-0.4, -0.2) is 0 Å². The first-order valence-corrected chi connectivity index (χ1v) is 1.45. The Bertz CT molecular complexity index is 87.1. The minimum atomic E-state index is 1.03. The summed E-state index contributed by atoms with van der Waals surface area (Å²) in [5, 5.41) is 0. The topological polar surface area (TPSA) is 0 Å². The highest BCUT2D eigenvalue weighted by atomic mass is 14.0. The molecule has 0 saturated carbocycles. The average Bonchev–Trinajstić information content (AvgIpc) is 2.12. The largest absolute Gasteiger partial charge is 0.119 e. The van der Waals surface area contributed by atoms with Crippen molar-refractivity contribution in [2.24, 2.45) is 0 Å². The number of allylic oxidation sites excluding steroid dienone is 2. The normalized spacial score (nSPS) is 18.2. The van der Waals surface area contributed by atoms with E-state index in [1.165, 1.54) is 0 Å². The van der Waals surface area contributed by atoms with Crippen molar-refractivity contribution in [2.75, 3.05) is 0 Å². The Morgan fingerprint density at radius 3 is 2.20 bits per heavy atom. The predicted molar refractivity (Wildman–Crippen MR) is 21.2 cm³/mol. The zero-order valence-electron chi connectivity index (χ0n) is 2.73. The van der Waals surface area contributed by atoms with Crippen LogP contribution < -0.4 is 0 Å². The van der Waals surface area contributed by atoms with Gasteiger partial charge < -0.3 is 0 Å². The Balaban J connectivity index is 2.37. The molecule has 0 heterocycles. The van der Waals surface area contributed by atoms with Crippen molar-refractivity contribution in [3.63, 3.8) is 0 Å². The summed E-state index contributed by atoms with van der Waals surface area (Å²) in [6.07, 6.45) is 8.69. The molecule has 0 bridgehead atoms. The number of rotatable bonds is 0. The lowest BCUT2D eigenvalue weighted by Gasteiger charge is -1.59. The highest BCUT2D eigenvalue weighted by molar-refractivity contribution is 5.51. The third-order valence-electron chi connectivity index (χ3n) is 0.500. The summed E-state index contributed by atoms with van der Waals surface area (Å²) < 4.78 is 0. The minimum Gasteiger partial charge on any atom is -0.119 e. The first kappa shape index (κ1) is 2.53. The third-order valence-corrected chi connectivity index (χ3v) is 0.500. The molecule has 1 aliphatic rings. The fraction of sp³-hybridized carbons (Fsp3) is 0. The van der Waals surface area contributed by atoms with E-state index in [2.05, 4.69) is 5.92 Å². The molecule has 0 spiro atoms. The van der Waals surface area contributed by atoms with Crippen LogP contribution in [0.4, 0.5) is 0 Å². The van der Waals surface area contributed by atoms with Gasteiger partial charge in [-0.15, -0.1) is 6.42 Å². The summed E-state index contributed by atoms with van der Waals surface area (Å²) >= 11 is 0. The van der Waals surface area contributed by atoms with Crippen LogP contribution in [0.1, 0.15) is 0 Å². The van der Waals surface area contributed by atoms with E-state index in [0.29, 0.717) is 0 Å². The molecule has 0 fully saturated rings. The minimum absolute atomic E-state index is 1.03. The summed E-state index contributed by atoms with van der Waals surface area (Å²) in [6, 6.07) is 0. The Labute approximate surface area is 31.5 Å². The number of hydrogen-bond donors (Lipinski definition) is 0. The van der Waals surface area contributed by atoms with Crippen LogP contribution in [-0.2, 0) is 0 Å². The molecule has 0 aromatic carbocycles. The molecule has 0 aromatic rings. The van der Waals surface area contributed by atoms with E-state index in [9.17, 15) is 0 Å². The van der Waals surface area contributed by atoms with Gasteiger partial charge in [0.15, 0.2) is 0 Å². The quantitative estimate of drug-likeness (QED) is 0.364. The maximum absolute atomic E-state index is 4.88. The van der Waals surface area contributed by atoms with Crippen LogP contribution in [0.5, 0.6) is 0 Å². The second-order valence-electron chi connectivity index (χ2n) is 0.933. The van der Waals surface area contributed by atoms with Crippen LogP contribution in [0, 0.1) is 18.3 Å². The second kappa shape index (κ2) is 0.621. The Hall–Kier alpha value is -0.700. The van der Waals surface area contributed by atoms with Gasteiger partial charge in [-0.25, -0.2) is 0 Å². The highest BCUT2D eigenvalue weighted by Gasteiger charge is 2.04. The van der Waals surface area contributed by atoms with E-state index < -0.39 is 0 Å². The van der Waals surface area contributed by atoms with E-state index in [4.69, 9.17) is 6.42 Å². The van der Waals surface area contributed by atoms with Gasteiger partial charge in [0.1, 0.15) is 0 Å². The van der Waals surface area contributed by atoms with Crippen molar-refractivity contribution in [3.05, 3.63) is 18.1 Å². The molecule has 1 aliphatic carbocycles. The SMILES string of the molecule is C#C[C]1C=C1. The predicted octanol–water partition coefficient (Wildman–Crippen LogP) is 0.764. The van der Waals surface area contributed by atoms with Gasteiger partial charge in [-0.1, -0.05) is 18.1 Å². The Morgan fingerprint density at radius 1 is 1.60 bits per heavy atom. The smallest absolute Gasteiger partial charge is 0.0908 e. The van der Waals surface area contributed by atoms with Gasteiger partial charge in [0.2, 0.25) is 0 Å². The molecular formula is C5H3. The van der Waals surface area contributed by atoms with Gasteiger partial charge in [-0.05, 0) is 0 Å². The molecule has 0 nitrogen and oxygen atoms in total. The summed E-state index contributed by atoms with van der Waals surface area (Å²) in [5.74, 6) is 3.48. The van der Waals surface area contributed by atoms with Crippen LogP contribution in [0.15, 0.2) is 12.2 Å². The number of hydrogen-bond acceptors (Lipinski definition) is 0. The lowest BCUT2D eigenvalue weighted by Crippen LogP contribution is -1.52. The molecule has 5 heavy (non-hydrogen) atoms. The van der Waals surface area contributed by atoms with Crippen molar-refractivity contribution in [1.29, 1.82) is 0 Å². The molecule has 0 aromatic heterocycles. The van der Waals surface area contributed by atoms with E-state index in [0.717, 1.165) is 5.92 Å². The summed E-state index contributed by atoms with van der Waals surface area (Å²) in [4.78, 5) is 0. The summed E-state index contributed by atoms with van der Waals surface area (Å²) in [7, 11) is 0. The van der Waals surface area contributed by atoms with Crippen LogP contribution >= 0.6 is 0 Å². The van der Waals surface area contributed by atoms with Crippen LogP contribution in [0.25, 0.3) is 0 Å². The van der Waals surface area contributed by atoms with Gasteiger partial charge in [0, 0.05) is 0 Å². The van der Waals surface area contributed by atoms with Crippen molar-refractivity contribution in [1.82, 2.24) is 0 Å². The van der Waals surface area contributed by atoms with E-state index in [-0.39, 0.29) is 0 Å². The maximum atomic E-state index is 4.88. The fourth-order valence-electron chi connectivity index (χ4n) is 0.138. The molecule has 0 amide bonds. The third kappa shape index (κ3) is 0.302. The van der Waals surface area contributed by atoms with Crippen LogP contribution in [0.3, 0.4) is 0 Å². The van der Waals surface area contributed by atoms with Crippen molar-refractivity contribution in [2.45, 2.75) is 0 Å². The lowest BCUT2D eigenvalue weighted by molar-refractivity contribution is 1.86. The van der Waals surface area contributed by atoms with E-state index >= 15 is 0 Å². The summed E-state index contributed by atoms with van der Waals surface area (Å²) in [6.45, 7) is 0. The zero-order chi connectivity index (χ0) is 3.70. The van der Waals surface area contributed by atoms with E-state index in [1.54, 1.807) is 0 Å². The zero-order valence-corrected chi connectivity index (χ0v) is 2.73. The molecular weight excluding hydrogens is 60.1 g/mol. The summed E-state index contributed by atoms with van der Waals surface area (Å²) in [5.41, 5.74) is 0. The van der Waals surface area contributed by atoms with Gasteiger partial charge in [-0.2, -0.15) is 0 Å². The van der Waals surface area contributed by atoms with Crippen LogP contribution in [0.2, 0.25) is 0 Å². The fourth-order valence-corrected chi connectivity index (χ4v) is 0.138.